The molecule has 166 valence electrons. The molecule has 1 aliphatic rings. The number of hydrogen-bond donors (Lipinski definition) is 2. The summed E-state index contributed by atoms with van der Waals surface area (Å²) >= 11 is 1.87. The third-order valence-electron chi connectivity index (χ3n) is 6.29. The number of para-hydroxylation sites is 2. The fourth-order valence-electron chi connectivity index (χ4n) is 4.75. The van der Waals surface area contributed by atoms with E-state index in [-0.39, 0.29) is 0 Å². The minimum atomic E-state index is 0.497. The van der Waals surface area contributed by atoms with Crippen molar-refractivity contribution in [1.82, 2.24) is 25.1 Å². The van der Waals surface area contributed by atoms with E-state index >= 15 is 0 Å². The van der Waals surface area contributed by atoms with Gasteiger partial charge in [-0.2, -0.15) is 0 Å². The van der Waals surface area contributed by atoms with Gasteiger partial charge in [0, 0.05) is 37.6 Å². The molecular weight excluding hydrogens is 404 g/mol. The Morgan fingerprint density at radius 2 is 2.10 bits per heavy atom. The van der Waals surface area contributed by atoms with Crippen molar-refractivity contribution in [3.63, 3.8) is 0 Å². The zero-order valence-corrected chi connectivity index (χ0v) is 19.7. The van der Waals surface area contributed by atoms with Gasteiger partial charge >= 0.3 is 0 Å². The first kappa shape index (κ1) is 21.8. The molecule has 2 N–H and O–H groups in total. The van der Waals surface area contributed by atoms with E-state index in [1.165, 1.54) is 29.8 Å². The first-order valence-electron chi connectivity index (χ1n) is 11.3. The number of thiophene rings is 1. The van der Waals surface area contributed by atoms with Crippen molar-refractivity contribution in [2.45, 2.75) is 38.8 Å². The Bertz CT molecular complexity index is 993. The standard InChI is InChI=1S/C24H34N6S/c1-18-28-20-10-4-5-11-21(20)30(18)15-8-13-26-24(25-2)27-17-19-9-6-14-29(3)23(19)22-12-7-16-31-22/h4-5,7,10-12,16,19,23H,6,8-9,13-15,17H2,1-3H3,(H2,25,26,27). The predicted octanol–water partition coefficient (Wildman–Crippen LogP) is 4.04. The number of aryl methyl sites for hydroxylation is 2. The molecule has 1 aromatic carbocycles. The lowest BCUT2D eigenvalue weighted by Crippen LogP contribution is -2.45. The van der Waals surface area contributed by atoms with Crippen molar-refractivity contribution in [3.8, 4) is 0 Å². The van der Waals surface area contributed by atoms with Crippen molar-refractivity contribution in [2.75, 3.05) is 33.7 Å². The van der Waals surface area contributed by atoms with Crippen LogP contribution in [0.5, 0.6) is 0 Å². The summed E-state index contributed by atoms with van der Waals surface area (Å²) < 4.78 is 2.30. The molecule has 31 heavy (non-hydrogen) atoms. The van der Waals surface area contributed by atoms with Crippen LogP contribution in [0.1, 0.15) is 36.0 Å². The Labute approximate surface area is 189 Å². The van der Waals surface area contributed by atoms with E-state index in [1.54, 1.807) is 0 Å². The first-order chi connectivity index (χ1) is 15.2. The zero-order chi connectivity index (χ0) is 21.6. The van der Waals surface area contributed by atoms with Crippen LogP contribution in [0.3, 0.4) is 0 Å². The van der Waals surface area contributed by atoms with Crippen LogP contribution in [0.2, 0.25) is 0 Å². The van der Waals surface area contributed by atoms with Gasteiger partial charge in [0.2, 0.25) is 0 Å². The lowest BCUT2D eigenvalue weighted by atomic mass is 9.88. The Kier molecular flexibility index (Phi) is 7.25. The molecule has 3 heterocycles. The number of piperidine rings is 1. The van der Waals surface area contributed by atoms with Gasteiger partial charge in [0.1, 0.15) is 5.82 Å². The summed E-state index contributed by atoms with van der Waals surface area (Å²) in [6.07, 6.45) is 3.53. The molecule has 1 fully saturated rings. The van der Waals surface area contributed by atoms with Crippen LogP contribution in [0.15, 0.2) is 46.8 Å². The van der Waals surface area contributed by atoms with E-state index in [0.717, 1.165) is 43.4 Å². The van der Waals surface area contributed by atoms with Crippen molar-refractivity contribution < 1.29 is 0 Å². The van der Waals surface area contributed by atoms with E-state index < -0.39 is 0 Å². The summed E-state index contributed by atoms with van der Waals surface area (Å²) in [5, 5.41) is 9.27. The van der Waals surface area contributed by atoms with Gasteiger partial charge in [-0.25, -0.2) is 4.98 Å². The second kappa shape index (κ2) is 10.3. The van der Waals surface area contributed by atoms with Crippen molar-refractivity contribution in [3.05, 3.63) is 52.5 Å². The minimum Gasteiger partial charge on any atom is -0.356 e. The summed E-state index contributed by atoms with van der Waals surface area (Å²) in [6, 6.07) is 13.3. The van der Waals surface area contributed by atoms with Gasteiger partial charge in [-0.1, -0.05) is 18.2 Å². The van der Waals surface area contributed by atoms with E-state index in [9.17, 15) is 0 Å². The number of fused-ring (bicyclic) bond motifs is 1. The van der Waals surface area contributed by atoms with Gasteiger partial charge in [-0.15, -0.1) is 11.3 Å². The molecule has 0 spiro atoms. The van der Waals surface area contributed by atoms with Crippen LogP contribution in [0.25, 0.3) is 11.0 Å². The maximum absolute atomic E-state index is 4.66. The number of rotatable bonds is 7. The first-order valence-corrected chi connectivity index (χ1v) is 12.2. The zero-order valence-electron chi connectivity index (χ0n) is 18.8. The number of nitrogens with one attached hydrogen (secondary N) is 2. The number of imidazole rings is 1. The summed E-state index contributed by atoms with van der Waals surface area (Å²) in [5.74, 6) is 2.56. The molecule has 2 unspecified atom stereocenters. The molecule has 0 bridgehead atoms. The molecule has 0 aliphatic carbocycles. The van der Waals surface area contributed by atoms with E-state index in [2.05, 4.69) is 79.8 Å². The number of benzene rings is 1. The van der Waals surface area contributed by atoms with E-state index in [0.29, 0.717) is 12.0 Å². The third-order valence-corrected chi connectivity index (χ3v) is 7.24. The lowest BCUT2D eigenvalue weighted by molar-refractivity contribution is 0.125. The van der Waals surface area contributed by atoms with Crippen LogP contribution in [-0.4, -0.2) is 54.1 Å². The number of hydrogen-bond acceptors (Lipinski definition) is 4. The smallest absolute Gasteiger partial charge is 0.190 e. The maximum Gasteiger partial charge on any atom is 0.190 e. The van der Waals surface area contributed by atoms with Crippen LogP contribution < -0.4 is 10.6 Å². The van der Waals surface area contributed by atoms with Crippen LogP contribution in [-0.2, 0) is 6.54 Å². The number of aromatic nitrogens is 2. The van der Waals surface area contributed by atoms with Crippen molar-refractivity contribution >= 4 is 28.3 Å². The number of nitrogens with zero attached hydrogens (tertiary/aromatic N) is 4. The average Bonchev–Trinajstić information content (AvgIpc) is 3.41. The molecule has 1 saturated heterocycles. The highest BCUT2D eigenvalue weighted by molar-refractivity contribution is 7.10. The topological polar surface area (TPSA) is 57.5 Å². The number of likely N-dealkylation sites (tertiary alicyclic amines) is 1. The van der Waals surface area contributed by atoms with Gasteiger partial charge in [0.25, 0.3) is 0 Å². The summed E-state index contributed by atoms with van der Waals surface area (Å²) in [4.78, 5) is 13.1. The van der Waals surface area contributed by atoms with Gasteiger partial charge in [-0.05, 0) is 69.3 Å². The molecule has 3 aromatic rings. The fraction of sp³-hybridized carbons (Fsp3) is 0.500. The predicted molar refractivity (Wildman–Crippen MR) is 131 cm³/mol. The van der Waals surface area contributed by atoms with E-state index in [4.69, 9.17) is 0 Å². The van der Waals surface area contributed by atoms with Crippen LogP contribution in [0.4, 0.5) is 0 Å². The molecule has 2 aromatic heterocycles. The summed E-state index contributed by atoms with van der Waals surface area (Å²) in [5.41, 5.74) is 2.28. The summed E-state index contributed by atoms with van der Waals surface area (Å²) in [7, 11) is 4.11. The highest BCUT2D eigenvalue weighted by Crippen LogP contribution is 2.36. The molecule has 4 rings (SSSR count). The van der Waals surface area contributed by atoms with Gasteiger partial charge in [-0.3, -0.25) is 9.89 Å². The maximum atomic E-state index is 4.66. The SMILES string of the molecule is CN=C(NCCCn1c(C)nc2ccccc21)NCC1CCCN(C)C1c1cccs1. The van der Waals surface area contributed by atoms with E-state index in [1.807, 2.05) is 24.5 Å². The largest absolute Gasteiger partial charge is 0.356 e. The molecule has 0 radical (unpaired) electrons. The average molecular weight is 439 g/mol. The lowest BCUT2D eigenvalue weighted by Gasteiger charge is -2.39. The Hall–Kier alpha value is -2.38. The second-order valence-electron chi connectivity index (χ2n) is 8.38. The Morgan fingerprint density at radius 3 is 2.90 bits per heavy atom. The van der Waals surface area contributed by atoms with Crippen molar-refractivity contribution in [2.24, 2.45) is 10.9 Å². The molecule has 1 aliphatic heterocycles. The minimum absolute atomic E-state index is 0.497. The second-order valence-corrected chi connectivity index (χ2v) is 9.36. The molecule has 6 nitrogen and oxygen atoms in total. The summed E-state index contributed by atoms with van der Waals surface area (Å²) in [6.45, 7) is 6.03. The van der Waals surface area contributed by atoms with Crippen LogP contribution >= 0.6 is 11.3 Å². The number of guanidine groups is 1. The van der Waals surface area contributed by atoms with Gasteiger partial charge in [0.05, 0.1) is 11.0 Å². The number of aliphatic imine (C=N–C) groups is 1. The Morgan fingerprint density at radius 1 is 1.23 bits per heavy atom. The normalized spacial score (nSPS) is 20.3. The van der Waals surface area contributed by atoms with Crippen LogP contribution in [0, 0.1) is 12.8 Å². The third kappa shape index (κ3) is 5.10. The van der Waals surface area contributed by atoms with Gasteiger partial charge in [0.15, 0.2) is 5.96 Å². The highest BCUT2D eigenvalue weighted by Gasteiger charge is 2.31. The molecule has 0 amide bonds. The molecule has 7 heteroatoms. The molecular formula is C24H34N6S. The molecule has 2 atom stereocenters. The highest BCUT2D eigenvalue weighted by atomic mass is 32.1. The fourth-order valence-corrected chi connectivity index (χ4v) is 5.74. The Balaban J connectivity index is 1.27. The molecule has 0 saturated carbocycles. The van der Waals surface area contributed by atoms with Crippen molar-refractivity contribution in [1.29, 1.82) is 0 Å². The van der Waals surface area contributed by atoms with Gasteiger partial charge < -0.3 is 15.2 Å². The quantitative estimate of drug-likeness (QED) is 0.332. The monoisotopic (exact) mass is 438 g/mol.